The number of carboxylic acids is 1. The highest BCUT2D eigenvalue weighted by atomic mass is 16.4. The summed E-state index contributed by atoms with van der Waals surface area (Å²) in [5.41, 5.74) is 7.86. The Labute approximate surface area is 224 Å². The Hall–Kier alpha value is -3.72. The minimum absolute atomic E-state index is 0.188. The molecule has 0 saturated heterocycles. The lowest BCUT2D eigenvalue weighted by molar-refractivity contribution is -0.144. The Morgan fingerprint density at radius 2 is 1.24 bits per heavy atom. The topological polar surface area (TPSA) is 151 Å². The highest BCUT2D eigenvalue weighted by molar-refractivity contribution is 5.94. The van der Waals surface area contributed by atoms with E-state index in [1.54, 1.807) is 20.8 Å². The number of hydrogen-bond donors (Lipinski definition) is 5. The zero-order chi connectivity index (χ0) is 28.2. The lowest BCUT2D eigenvalue weighted by Crippen LogP contribution is -2.59. The minimum atomic E-state index is -1.14. The van der Waals surface area contributed by atoms with Crippen molar-refractivity contribution in [2.24, 2.45) is 17.6 Å². The number of aliphatic carboxylic acids is 1. The Bertz CT molecular complexity index is 1060. The molecule has 2 rings (SSSR count). The maximum Gasteiger partial charge on any atom is 0.326 e. The largest absolute Gasteiger partial charge is 0.480 e. The van der Waals surface area contributed by atoms with Crippen LogP contribution in [0, 0.1) is 11.8 Å². The van der Waals surface area contributed by atoms with Crippen LogP contribution in [0.5, 0.6) is 0 Å². The van der Waals surface area contributed by atoms with Gasteiger partial charge in [0, 0.05) is 6.42 Å². The van der Waals surface area contributed by atoms with Gasteiger partial charge in [-0.2, -0.15) is 0 Å². The molecule has 6 N–H and O–H groups in total. The van der Waals surface area contributed by atoms with Crippen LogP contribution in [0.15, 0.2) is 60.7 Å². The molecule has 38 heavy (non-hydrogen) atoms. The quantitative estimate of drug-likeness (QED) is 0.255. The van der Waals surface area contributed by atoms with Crippen molar-refractivity contribution in [2.75, 3.05) is 0 Å². The fraction of sp³-hybridized carbons (Fsp3) is 0.448. The van der Waals surface area contributed by atoms with Gasteiger partial charge in [-0.1, -0.05) is 94.8 Å². The molecule has 9 nitrogen and oxygen atoms in total. The summed E-state index contributed by atoms with van der Waals surface area (Å²) in [6.07, 6.45) is 1.05. The first-order valence-electron chi connectivity index (χ1n) is 13.0. The Morgan fingerprint density at radius 1 is 0.737 bits per heavy atom. The van der Waals surface area contributed by atoms with Crippen molar-refractivity contribution >= 4 is 23.7 Å². The molecular formula is C29H40N4O5. The summed E-state index contributed by atoms with van der Waals surface area (Å²) < 4.78 is 0. The van der Waals surface area contributed by atoms with E-state index in [0.717, 1.165) is 11.1 Å². The molecule has 2 aromatic carbocycles. The molecule has 0 aliphatic heterocycles. The van der Waals surface area contributed by atoms with Crippen LogP contribution in [-0.4, -0.2) is 53.0 Å². The monoisotopic (exact) mass is 524 g/mol. The first-order chi connectivity index (χ1) is 18.0. The van der Waals surface area contributed by atoms with Gasteiger partial charge in [-0.3, -0.25) is 14.4 Å². The third-order valence-corrected chi connectivity index (χ3v) is 6.57. The smallest absolute Gasteiger partial charge is 0.326 e. The van der Waals surface area contributed by atoms with Gasteiger partial charge in [-0.05, 0) is 29.4 Å². The second-order valence-electron chi connectivity index (χ2n) is 9.99. The van der Waals surface area contributed by atoms with E-state index >= 15 is 0 Å². The van der Waals surface area contributed by atoms with Crippen LogP contribution >= 0.6 is 0 Å². The molecule has 5 atom stereocenters. The van der Waals surface area contributed by atoms with Gasteiger partial charge in [-0.25, -0.2) is 4.79 Å². The summed E-state index contributed by atoms with van der Waals surface area (Å²) >= 11 is 0. The van der Waals surface area contributed by atoms with Gasteiger partial charge in [0.1, 0.15) is 18.1 Å². The summed E-state index contributed by atoms with van der Waals surface area (Å²) in [7, 11) is 0. The molecule has 0 heterocycles. The van der Waals surface area contributed by atoms with E-state index < -0.39 is 47.9 Å². The average Bonchev–Trinajstić information content (AvgIpc) is 2.89. The number of carbonyl (C=O) groups is 4. The van der Waals surface area contributed by atoms with E-state index in [0.29, 0.717) is 12.8 Å². The number of hydrogen-bond acceptors (Lipinski definition) is 5. The van der Waals surface area contributed by atoms with Gasteiger partial charge in [0.15, 0.2) is 0 Å². The Morgan fingerprint density at radius 3 is 1.71 bits per heavy atom. The first kappa shape index (κ1) is 30.5. The second-order valence-corrected chi connectivity index (χ2v) is 9.99. The van der Waals surface area contributed by atoms with Gasteiger partial charge >= 0.3 is 5.97 Å². The van der Waals surface area contributed by atoms with E-state index in [4.69, 9.17) is 5.73 Å². The number of carboxylic acid groups (broad SMARTS) is 1. The third kappa shape index (κ3) is 9.30. The van der Waals surface area contributed by atoms with Crippen LogP contribution in [0.25, 0.3) is 0 Å². The van der Waals surface area contributed by atoms with E-state index in [9.17, 15) is 24.3 Å². The van der Waals surface area contributed by atoms with Crippen LogP contribution in [0.3, 0.4) is 0 Å². The number of carbonyl (C=O) groups excluding carboxylic acids is 3. The van der Waals surface area contributed by atoms with E-state index in [2.05, 4.69) is 16.0 Å². The molecule has 0 spiro atoms. The lowest BCUT2D eigenvalue weighted by atomic mass is 9.97. The molecule has 2 aromatic rings. The van der Waals surface area contributed by atoms with Crippen LogP contribution in [0.2, 0.25) is 0 Å². The summed E-state index contributed by atoms with van der Waals surface area (Å²) in [5.74, 6) is -3.40. The highest BCUT2D eigenvalue weighted by Gasteiger charge is 2.33. The normalized spacial score (nSPS) is 15.0. The molecular weight excluding hydrogens is 484 g/mol. The van der Waals surface area contributed by atoms with Gasteiger partial charge < -0.3 is 26.8 Å². The fourth-order valence-corrected chi connectivity index (χ4v) is 4.01. The average molecular weight is 525 g/mol. The lowest BCUT2D eigenvalue weighted by Gasteiger charge is -2.28. The van der Waals surface area contributed by atoms with Gasteiger partial charge in [-0.15, -0.1) is 0 Å². The molecule has 0 bridgehead atoms. The maximum absolute atomic E-state index is 13.4. The number of rotatable bonds is 14. The van der Waals surface area contributed by atoms with E-state index in [-0.39, 0.29) is 18.3 Å². The van der Waals surface area contributed by atoms with E-state index in [1.165, 1.54) is 0 Å². The van der Waals surface area contributed by atoms with Crippen molar-refractivity contribution in [1.82, 2.24) is 16.0 Å². The molecule has 0 aromatic heterocycles. The van der Waals surface area contributed by atoms with Crippen molar-refractivity contribution in [3.63, 3.8) is 0 Å². The summed E-state index contributed by atoms with van der Waals surface area (Å²) in [4.78, 5) is 51.2. The molecule has 206 valence electrons. The van der Waals surface area contributed by atoms with Crippen molar-refractivity contribution in [2.45, 2.75) is 71.1 Å². The summed E-state index contributed by atoms with van der Waals surface area (Å²) in [5, 5.41) is 17.6. The molecule has 3 amide bonds. The van der Waals surface area contributed by atoms with Crippen molar-refractivity contribution < 1.29 is 24.3 Å². The fourth-order valence-electron chi connectivity index (χ4n) is 4.01. The van der Waals surface area contributed by atoms with Gasteiger partial charge in [0.05, 0.1) is 6.04 Å². The van der Waals surface area contributed by atoms with Crippen molar-refractivity contribution in [1.29, 1.82) is 0 Å². The zero-order valence-electron chi connectivity index (χ0n) is 22.5. The highest BCUT2D eigenvalue weighted by Crippen LogP contribution is 2.11. The zero-order valence-corrected chi connectivity index (χ0v) is 22.5. The number of nitrogens with one attached hydrogen (secondary N) is 3. The molecule has 0 aliphatic carbocycles. The van der Waals surface area contributed by atoms with E-state index in [1.807, 2.05) is 67.6 Å². The first-order valence-corrected chi connectivity index (χ1v) is 13.0. The molecule has 9 heteroatoms. The molecule has 0 saturated carbocycles. The summed E-state index contributed by atoms with van der Waals surface area (Å²) in [6.45, 7) is 7.09. The van der Waals surface area contributed by atoms with Crippen LogP contribution in [-0.2, 0) is 32.0 Å². The Balaban J connectivity index is 2.20. The van der Waals surface area contributed by atoms with Crippen molar-refractivity contribution in [3.8, 4) is 0 Å². The van der Waals surface area contributed by atoms with Crippen molar-refractivity contribution in [3.05, 3.63) is 71.8 Å². The predicted molar refractivity (Wildman–Crippen MR) is 146 cm³/mol. The molecule has 0 aliphatic rings. The maximum atomic E-state index is 13.4. The minimum Gasteiger partial charge on any atom is -0.480 e. The standard InChI is InChI=1S/C29H40N4O5/c1-5-19(4)25(29(37)38)33-28(36)24(18(2)3)32-27(35)23(17-21-14-10-7-11-15-21)31-26(34)22(30)16-20-12-8-6-9-13-20/h6-15,18-19,22-25H,5,16-17,30H2,1-4H3,(H,31,34)(H,32,35)(H,33,36)(H,37,38). The number of nitrogens with two attached hydrogens (primary N) is 1. The van der Waals surface area contributed by atoms with Gasteiger partial charge in [0.25, 0.3) is 0 Å². The molecule has 5 unspecified atom stereocenters. The summed E-state index contributed by atoms with van der Waals surface area (Å²) in [6, 6.07) is 14.6. The SMILES string of the molecule is CCC(C)C(NC(=O)C(NC(=O)C(Cc1ccccc1)NC(=O)C(N)Cc1ccccc1)C(C)C)C(=O)O. The molecule has 0 fully saturated rings. The van der Waals surface area contributed by atoms with Crippen LogP contribution in [0.1, 0.15) is 45.2 Å². The van der Waals surface area contributed by atoms with Crippen LogP contribution in [0.4, 0.5) is 0 Å². The number of benzene rings is 2. The second kappa shape index (κ2) is 14.9. The Kier molecular flexibility index (Phi) is 11.9. The number of amides is 3. The third-order valence-electron chi connectivity index (χ3n) is 6.57. The van der Waals surface area contributed by atoms with Crippen LogP contribution < -0.4 is 21.7 Å². The molecule has 0 radical (unpaired) electrons. The predicted octanol–water partition coefficient (Wildman–Crippen LogP) is 2.04. The van der Waals surface area contributed by atoms with Gasteiger partial charge in [0.2, 0.25) is 17.7 Å².